The van der Waals surface area contributed by atoms with Crippen molar-refractivity contribution < 1.29 is 9.59 Å². The van der Waals surface area contributed by atoms with Gasteiger partial charge in [-0.05, 0) is 48.9 Å². The third kappa shape index (κ3) is 5.45. The van der Waals surface area contributed by atoms with Crippen LogP contribution in [0.3, 0.4) is 0 Å². The predicted octanol–water partition coefficient (Wildman–Crippen LogP) is 4.16. The Hall–Kier alpha value is -2.62. The molecule has 0 radical (unpaired) electrons. The number of carbonyl (C=O) groups is 2. The van der Waals surface area contributed by atoms with Gasteiger partial charge in [0.2, 0.25) is 11.8 Å². The first-order chi connectivity index (χ1) is 12.7. The van der Waals surface area contributed by atoms with Crippen molar-refractivity contribution in [3.8, 4) is 0 Å². The number of hydrogen-bond acceptors (Lipinski definition) is 2. The van der Waals surface area contributed by atoms with Gasteiger partial charge in [0.1, 0.15) is 0 Å². The molecule has 1 aliphatic rings. The zero-order valence-corrected chi connectivity index (χ0v) is 15.1. The Morgan fingerprint density at radius 3 is 2.62 bits per heavy atom. The van der Waals surface area contributed by atoms with Crippen LogP contribution in [-0.4, -0.2) is 23.3 Å². The van der Waals surface area contributed by atoms with E-state index in [1.165, 1.54) is 5.56 Å². The van der Waals surface area contributed by atoms with Crippen LogP contribution in [0.2, 0.25) is 0 Å². The average Bonchev–Trinajstić information content (AvgIpc) is 2.65. The molecule has 2 amide bonds. The number of nitrogens with zero attached hydrogens (tertiary/aromatic N) is 1. The van der Waals surface area contributed by atoms with Crippen LogP contribution in [-0.2, 0) is 22.6 Å². The summed E-state index contributed by atoms with van der Waals surface area (Å²) in [5.41, 5.74) is 3.12. The molecule has 2 aromatic carbocycles. The monoisotopic (exact) mass is 350 g/mol. The summed E-state index contributed by atoms with van der Waals surface area (Å²) in [4.78, 5) is 26.0. The number of benzene rings is 2. The fraction of sp³-hybridized carbons (Fsp3) is 0.364. The number of hydrogen-bond donors (Lipinski definition) is 1. The molecular weight excluding hydrogens is 324 g/mol. The van der Waals surface area contributed by atoms with Gasteiger partial charge in [0.05, 0.1) is 0 Å². The maximum Gasteiger partial charge on any atom is 0.224 e. The SMILES string of the molecule is O=C(CCCc1ccccc1)Nc1cccc(CN2CCCCC2=O)c1. The molecule has 0 bridgehead atoms. The lowest BCUT2D eigenvalue weighted by molar-refractivity contribution is -0.133. The van der Waals surface area contributed by atoms with E-state index in [9.17, 15) is 9.59 Å². The molecule has 0 unspecified atom stereocenters. The summed E-state index contributed by atoms with van der Waals surface area (Å²) in [7, 11) is 0. The summed E-state index contributed by atoms with van der Waals surface area (Å²) in [5.74, 6) is 0.263. The fourth-order valence-electron chi connectivity index (χ4n) is 3.32. The van der Waals surface area contributed by atoms with Gasteiger partial charge in [-0.1, -0.05) is 42.5 Å². The van der Waals surface area contributed by atoms with E-state index in [-0.39, 0.29) is 11.8 Å². The van der Waals surface area contributed by atoms with Crippen molar-refractivity contribution in [1.29, 1.82) is 0 Å². The maximum absolute atomic E-state index is 12.2. The first-order valence-corrected chi connectivity index (χ1v) is 9.41. The Bertz CT molecular complexity index is 743. The van der Waals surface area contributed by atoms with Crippen LogP contribution in [0.5, 0.6) is 0 Å². The Morgan fingerprint density at radius 1 is 1.00 bits per heavy atom. The molecule has 0 aliphatic carbocycles. The minimum atomic E-state index is 0.0344. The number of amides is 2. The molecule has 1 fully saturated rings. The normalized spacial score (nSPS) is 14.3. The molecule has 0 atom stereocenters. The highest BCUT2D eigenvalue weighted by Gasteiger charge is 2.18. The highest BCUT2D eigenvalue weighted by atomic mass is 16.2. The molecule has 1 N–H and O–H groups in total. The second-order valence-corrected chi connectivity index (χ2v) is 6.86. The van der Waals surface area contributed by atoms with Gasteiger partial charge in [-0.3, -0.25) is 9.59 Å². The van der Waals surface area contributed by atoms with Gasteiger partial charge in [-0.15, -0.1) is 0 Å². The van der Waals surface area contributed by atoms with E-state index in [4.69, 9.17) is 0 Å². The Kier molecular flexibility index (Phi) is 6.42. The lowest BCUT2D eigenvalue weighted by atomic mass is 10.1. The van der Waals surface area contributed by atoms with Crippen molar-refractivity contribution in [2.24, 2.45) is 0 Å². The van der Waals surface area contributed by atoms with E-state index in [0.717, 1.165) is 43.5 Å². The molecular formula is C22H26N2O2. The minimum absolute atomic E-state index is 0.0344. The summed E-state index contributed by atoms with van der Waals surface area (Å²) in [6.45, 7) is 1.45. The van der Waals surface area contributed by atoms with Crippen molar-refractivity contribution in [1.82, 2.24) is 4.90 Å². The molecule has 26 heavy (non-hydrogen) atoms. The van der Waals surface area contributed by atoms with Gasteiger partial charge in [-0.25, -0.2) is 0 Å². The van der Waals surface area contributed by atoms with Crippen LogP contribution >= 0.6 is 0 Å². The number of piperidine rings is 1. The summed E-state index contributed by atoms with van der Waals surface area (Å²) >= 11 is 0. The molecule has 0 aromatic heterocycles. The van der Waals surface area contributed by atoms with Gasteiger partial charge in [0, 0.05) is 31.6 Å². The Balaban J connectivity index is 1.48. The number of rotatable bonds is 7. The van der Waals surface area contributed by atoms with Crippen molar-refractivity contribution in [3.05, 3.63) is 65.7 Å². The molecule has 1 aliphatic heterocycles. The van der Waals surface area contributed by atoms with Crippen molar-refractivity contribution >= 4 is 17.5 Å². The second kappa shape index (κ2) is 9.18. The van der Waals surface area contributed by atoms with Crippen molar-refractivity contribution in [2.45, 2.75) is 45.1 Å². The van der Waals surface area contributed by atoms with Crippen LogP contribution in [0.1, 0.15) is 43.2 Å². The molecule has 0 saturated carbocycles. The summed E-state index contributed by atoms with van der Waals surface area (Å²) < 4.78 is 0. The van der Waals surface area contributed by atoms with E-state index in [1.807, 2.05) is 47.4 Å². The van der Waals surface area contributed by atoms with Crippen LogP contribution in [0.25, 0.3) is 0 Å². The van der Waals surface area contributed by atoms with Crippen molar-refractivity contribution in [2.75, 3.05) is 11.9 Å². The van der Waals surface area contributed by atoms with Crippen LogP contribution in [0.4, 0.5) is 5.69 Å². The predicted molar refractivity (Wildman–Crippen MR) is 104 cm³/mol. The molecule has 136 valence electrons. The average molecular weight is 350 g/mol. The van der Waals surface area contributed by atoms with E-state index in [0.29, 0.717) is 19.4 Å². The number of carbonyl (C=O) groups excluding carboxylic acids is 2. The zero-order chi connectivity index (χ0) is 18.2. The summed E-state index contributed by atoms with van der Waals surface area (Å²) in [6.07, 6.45) is 4.96. The molecule has 4 heteroatoms. The number of nitrogens with one attached hydrogen (secondary N) is 1. The third-order valence-electron chi connectivity index (χ3n) is 4.72. The van der Waals surface area contributed by atoms with Crippen LogP contribution in [0, 0.1) is 0 Å². The second-order valence-electron chi connectivity index (χ2n) is 6.86. The maximum atomic E-state index is 12.2. The van der Waals surface area contributed by atoms with Gasteiger partial charge >= 0.3 is 0 Å². The lowest BCUT2D eigenvalue weighted by Crippen LogP contribution is -2.34. The molecule has 4 nitrogen and oxygen atoms in total. The first-order valence-electron chi connectivity index (χ1n) is 9.41. The summed E-state index contributed by atoms with van der Waals surface area (Å²) in [5, 5.41) is 2.97. The molecule has 2 aromatic rings. The van der Waals surface area contributed by atoms with Gasteiger partial charge in [-0.2, -0.15) is 0 Å². The number of aryl methyl sites for hydroxylation is 1. The third-order valence-corrected chi connectivity index (χ3v) is 4.72. The summed E-state index contributed by atoms with van der Waals surface area (Å²) in [6, 6.07) is 18.0. The minimum Gasteiger partial charge on any atom is -0.338 e. The molecule has 1 heterocycles. The molecule has 1 saturated heterocycles. The largest absolute Gasteiger partial charge is 0.338 e. The molecule has 3 rings (SSSR count). The highest BCUT2D eigenvalue weighted by Crippen LogP contribution is 2.17. The van der Waals surface area contributed by atoms with Crippen LogP contribution in [0.15, 0.2) is 54.6 Å². The van der Waals surface area contributed by atoms with E-state index >= 15 is 0 Å². The van der Waals surface area contributed by atoms with Gasteiger partial charge in [0.15, 0.2) is 0 Å². The zero-order valence-electron chi connectivity index (χ0n) is 15.1. The highest BCUT2D eigenvalue weighted by molar-refractivity contribution is 5.90. The molecule has 0 spiro atoms. The number of anilines is 1. The topological polar surface area (TPSA) is 49.4 Å². The van der Waals surface area contributed by atoms with E-state index in [1.54, 1.807) is 0 Å². The first kappa shape index (κ1) is 18.2. The Labute approximate surface area is 155 Å². The quantitative estimate of drug-likeness (QED) is 0.815. The Morgan fingerprint density at radius 2 is 1.81 bits per heavy atom. The standard InChI is InChI=1S/C22H26N2O2/c25-21(13-7-10-18-8-2-1-3-9-18)23-20-12-6-11-19(16-20)17-24-15-5-4-14-22(24)26/h1-3,6,8-9,11-12,16H,4-5,7,10,13-15,17H2,(H,23,25). The fourth-order valence-corrected chi connectivity index (χ4v) is 3.32. The lowest BCUT2D eigenvalue weighted by Gasteiger charge is -2.26. The van der Waals surface area contributed by atoms with Gasteiger partial charge in [0.25, 0.3) is 0 Å². The van der Waals surface area contributed by atoms with Crippen LogP contribution < -0.4 is 5.32 Å². The van der Waals surface area contributed by atoms with E-state index in [2.05, 4.69) is 17.4 Å². The number of likely N-dealkylation sites (tertiary alicyclic amines) is 1. The smallest absolute Gasteiger partial charge is 0.224 e. The van der Waals surface area contributed by atoms with Gasteiger partial charge < -0.3 is 10.2 Å². The van der Waals surface area contributed by atoms with Crippen molar-refractivity contribution in [3.63, 3.8) is 0 Å². The van der Waals surface area contributed by atoms with E-state index < -0.39 is 0 Å².